The Balaban J connectivity index is 1.46. The Morgan fingerprint density at radius 3 is 2.17 bits per heavy atom. The predicted molar refractivity (Wildman–Crippen MR) is 136 cm³/mol. The molecule has 0 aliphatic rings. The van der Waals surface area contributed by atoms with Crippen LogP contribution in [0.1, 0.15) is 24.0 Å². The van der Waals surface area contributed by atoms with Gasteiger partial charge in [0.25, 0.3) is 0 Å². The summed E-state index contributed by atoms with van der Waals surface area (Å²) in [7, 11) is 0. The van der Waals surface area contributed by atoms with E-state index in [9.17, 15) is 4.79 Å². The van der Waals surface area contributed by atoms with E-state index in [1.165, 1.54) is 0 Å². The van der Waals surface area contributed by atoms with Gasteiger partial charge in [-0.1, -0.05) is 41.9 Å². The molecular formula is C29H25ClO5. The molecule has 6 heteroatoms. The van der Waals surface area contributed by atoms with Gasteiger partial charge < -0.3 is 19.3 Å². The van der Waals surface area contributed by atoms with E-state index < -0.39 is 5.97 Å². The fraction of sp³-hybridized carbons (Fsp3) is 0.138. The highest BCUT2D eigenvalue weighted by atomic mass is 35.5. The Kier molecular flexibility index (Phi) is 7.91. The number of aryl methyl sites for hydroxylation is 2. The van der Waals surface area contributed by atoms with E-state index in [0.29, 0.717) is 45.9 Å². The van der Waals surface area contributed by atoms with Crippen molar-refractivity contribution in [3.05, 3.63) is 107 Å². The molecule has 0 bridgehead atoms. The first-order valence-corrected chi connectivity index (χ1v) is 11.6. The molecule has 4 aromatic carbocycles. The van der Waals surface area contributed by atoms with E-state index in [2.05, 4.69) is 0 Å². The molecule has 0 aromatic heterocycles. The van der Waals surface area contributed by atoms with Gasteiger partial charge >= 0.3 is 5.97 Å². The lowest BCUT2D eigenvalue weighted by Crippen LogP contribution is -1.97. The number of benzene rings is 4. The van der Waals surface area contributed by atoms with Crippen molar-refractivity contribution < 1.29 is 24.1 Å². The second-order valence-electron chi connectivity index (χ2n) is 8.02. The largest absolute Gasteiger partial charge is 0.481 e. The number of hydrogen-bond donors (Lipinski definition) is 1. The molecule has 0 saturated heterocycles. The summed E-state index contributed by atoms with van der Waals surface area (Å²) in [6, 6.07) is 27.8. The van der Waals surface area contributed by atoms with Crippen LogP contribution in [-0.4, -0.2) is 11.1 Å². The maximum atomic E-state index is 10.7. The fourth-order valence-corrected chi connectivity index (χ4v) is 3.73. The minimum atomic E-state index is -0.776. The molecule has 5 nitrogen and oxygen atoms in total. The van der Waals surface area contributed by atoms with Crippen LogP contribution in [0.25, 0.3) is 0 Å². The van der Waals surface area contributed by atoms with Crippen molar-refractivity contribution in [2.24, 2.45) is 0 Å². The molecule has 0 heterocycles. The molecule has 0 fully saturated rings. The molecule has 0 spiro atoms. The lowest BCUT2D eigenvalue weighted by atomic mass is 10.0. The highest BCUT2D eigenvalue weighted by molar-refractivity contribution is 6.30. The first-order valence-electron chi connectivity index (χ1n) is 11.3. The maximum Gasteiger partial charge on any atom is 0.303 e. The summed E-state index contributed by atoms with van der Waals surface area (Å²) in [5.74, 6) is 2.84. The number of halogens is 1. The van der Waals surface area contributed by atoms with Crippen LogP contribution < -0.4 is 14.2 Å². The van der Waals surface area contributed by atoms with Crippen molar-refractivity contribution in [2.75, 3.05) is 0 Å². The van der Waals surface area contributed by atoms with E-state index in [-0.39, 0.29) is 6.42 Å². The third kappa shape index (κ3) is 7.01. The number of carboxylic acids is 1. The SMILES string of the molecule is Cc1cc(Oc2cccc(Oc3ccc(Cl)cc3Oc3ccccc3)c2)ccc1CCCC(=O)O. The topological polar surface area (TPSA) is 65.0 Å². The van der Waals surface area contributed by atoms with Crippen LogP contribution in [0.4, 0.5) is 0 Å². The van der Waals surface area contributed by atoms with Crippen molar-refractivity contribution in [1.82, 2.24) is 0 Å². The zero-order valence-corrected chi connectivity index (χ0v) is 20.0. The quantitative estimate of drug-likeness (QED) is 0.242. The van der Waals surface area contributed by atoms with Crippen LogP contribution in [-0.2, 0) is 11.2 Å². The molecule has 0 unspecified atom stereocenters. The third-order valence-electron chi connectivity index (χ3n) is 5.30. The van der Waals surface area contributed by atoms with Crippen molar-refractivity contribution in [1.29, 1.82) is 0 Å². The highest BCUT2D eigenvalue weighted by Gasteiger charge is 2.10. The van der Waals surface area contributed by atoms with E-state index in [4.69, 9.17) is 30.9 Å². The third-order valence-corrected chi connectivity index (χ3v) is 5.53. The molecule has 35 heavy (non-hydrogen) atoms. The van der Waals surface area contributed by atoms with Gasteiger partial charge in [-0.25, -0.2) is 0 Å². The number of aliphatic carboxylic acids is 1. The lowest BCUT2D eigenvalue weighted by Gasteiger charge is -2.14. The van der Waals surface area contributed by atoms with E-state index >= 15 is 0 Å². The van der Waals surface area contributed by atoms with Crippen LogP contribution in [0.15, 0.2) is 91.0 Å². The molecule has 0 amide bonds. The van der Waals surface area contributed by atoms with E-state index in [1.54, 1.807) is 24.3 Å². The Bertz CT molecular complexity index is 1300. The van der Waals surface area contributed by atoms with Gasteiger partial charge in [-0.3, -0.25) is 4.79 Å². The Hall–Kier alpha value is -3.96. The first kappa shape index (κ1) is 24.2. The van der Waals surface area contributed by atoms with Crippen molar-refractivity contribution in [3.63, 3.8) is 0 Å². The molecule has 4 aromatic rings. The molecule has 1 N–H and O–H groups in total. The lowest BCUT2D eigenvalue weighted by molar-refractivity contribution is -0.137. The van der Waals surface area contributed by atoms with Crippen LogP contribution in [0.3, 0.4) is 0 Å². The molecular weight excluding hydrogens is 464 g/mol. The molecule has 4 rings (SSSR count). The zero-order valence-electron chi connectivity index (χ0n) is 19.2. The molecule has 0 saturated carbocycles. The van der Waals surface area contributed by atoms with Crippen molar-refractivity contribution >= 4 is 17.6 Å². The normalized spacial score (nSPS) is 10.6. The zero-order chi connectivity index (χ0) is 24.6. The Labute approximate surface area is 209 Å². The number of carboxylic acid groups (broad SMARTS) is 1. The van der Waals surface area contributed by atoms with Gasteiger partial charge in [-0.15, -0.1) is 0 Å². The van der Waals surface area contributed by atoms with Crippen molar-refractivity contribution in [3.8, 4) is 34.5 Å². The Morgan fingerprint density at radius 1 is 0.743 bits per heavy atom. The minimum absolute atomic E-state index is 0.163. The number of ether oxygens (including phenoxy) is 3. The van der Waals surface area contributed by atoms with Gasteiger partial charge in [-0.2, -0.15) is 0 Å². The molecule has 0 aliphatic heterocycles. The molecule has 0 atom stereocenters. The maximum absolute atomic E-state index is 10.7. The van der Waals surface area contributed by atoms with E-state index in [0.717, 1.165) is 17.5 Å². The monoisotopic (exact) mass is 488 g/mol. The van der Waals surface area contributed by atoms with Gasteiger partial charge in [-0.05, 0) is 79.4 Å². The van der Waals surface area contributed by atoms with Gasteiger partial charge in [0.05, 0.1) is 0 Å². The summed E-state index contributed by atoms with van der Waals surface area (Å²) < 4.78 is 18.1. The summed E-state index contributed by atoms with van der Waals surface area (Å²) in [6.07, 6.45) is 1.49. The van der Waals surface area contributed by atoms with Gasteiger partial charge in [0, 0.05) is 23.6 Å². The number of hydrogen-bond acceptors (Lipinski definition) is 4. The summed E-state index contributed by atoms with van der Waals surface area (Å²) in [5.41, 5.74) is 2.17. The van der Waals surface area contributed by atoms with Crippen molar-refractivity contribution in [2.45, 2.75) is 26.2 Å². The Morgan fingerprint density at radius 2 is 1.43 bits per heavy atom. The van der Waals surface area contributed by atoms with Crippen LogP contribution in [0.2, 0.25) is 5.02 Å². The molecule has 0 radical (unpaired) electrons. The van der Waals surface area contributed by atoms with Gasteiger partial charge in [0.15, 0.2) is 11.5 Å². The van der Waals surface area contributed by atoms with E-state index in [1.807, 2.05) is 73.7 Å². The number of carbonyl (C=O) groups is 1. The average Bonchev–Trinajstić information content (AvgIpc) is 2.83. The fourth-order valence-electron chi connectivity index (χ4n) is 3.57. The van der Waals surface area contributed by atoms with Gasteiger partial charge in [0.2, 0.25) is 0 Å². The van der Waals surface area contributed by atoms with Gasteiger partial charge in [0.1, 0.15) is 23.0 Å². The average molecular weight is 489 g/mol. The second kappa shape index (κ2) is 11.4. The van der Waals surface area contributed by atoms with Crippen LogP contribution in [0, 0.1) is 6.92 Å². The predicted octanol–water partition coefficient (Wildman–Crippen LogP) is 8.43. The molecule has 178 valence electrons. The smallest absolute Gasteiger partial charge is 0.303 e. The summed E-state index contributed by atoms with van der Waals surface area (Å²) >= 11 is 6.19. The number of para-hydroxylation sites is 1. The first-order chi connectivity index (χ1) is 17.0. The molecule has 0 aliphatic carbocycles. The standard InChI is InChI=1S/C29H25ClO5/c1-20-17-26(15-13-21(20)7-5-12-29(31)32)33-24-10-6-11-25(19-24)35-27-16-14-22(30)18-28(27)34-23-8-3-2-4-9-23/h2-4,6,8-11,13-19H,5,7,12H2,1H3,(H,31,32). The van der Waals surface area contributed by atoms with Crippen LogP contribution in [0.5, 0.6) is 34.5 Å². The minimum Gasteiger partial charge on any atom is -0.481 e. The number of rotatable bonds is 10. The summed E-state index contributed by atoms with van der Waals surface area (Å²) in [6.45, 7) is 2.00. The summed E-state index contributed by atoms with van der Waals surface area (Å²) in [4.78, 5) is 10.7. The second-order valence-corrected chi connectivity index (χ2v) is 8.46. The summed E-state index contributed by atoms with van der Waals surface area (Å²) in [5, 5.41) is 9.38. The van der Waals surface area contributed by atoms with Crippen LogP contribution >= 0.6 is 11.6 Å². The highest BCUT2D eigenvalue weighted by Crippen LogP contribution is 2.38.